The van der Waals surface area contributed by atoms with Gasteiger partial charge in [0.15, 0.2) is 0 Å². The van der Waals surface area contributed by atoms with E-state index in [2.05, 4.69) is 0 Å². The summed E-state index contributed by atoms with van der Waals surface area (Å²) >= 11 is 1.45. The lowest BCUT2D eigenvalue weighted by atomic mass is 9.92. The highest BCUT2D eigenvalue weighted by Crippen LogP contribution is 2.36. The lowest BCUT2D eigenvalue weighted by Crippen LogP contribution is -2.25. The van der Waals surface area contributed by atoms with Crippen LogP contribution in [0.1, 0.15) is 24.7 Å². The van der Waals surface area contributed by atoms with Crippen LogP contribution in [0.3, 0.4) is 0 Å². The monoisotopic (exact) mass is 266 g/mol. The molecule has 1 atom stereocenters. The van der Waals surface area contributed by atoms with Crippen molar-refractivity contribution in [3.05, 3.63) is 35.9 Å². The van der Waals surface area contributed by atoms with Crippen LogP contribution in [-0.2, 0) is 9.59 Å². The number of benzene rings is 1. The Labute approximate surface area is 112 Å². The van der Waals surface area contributed by atoms with Crippen LogP contribution in [-0.4, -0.2) is 29.0 Å². The van der Waals surface area contributed by atoms with Crippen LogP contribution in [0.4, 0.5) is 0 Å². The lowest BCUT2D eigenvalue weighted by molar-refractivity contribution is -0.130. The molecule has 4 heteroatoms. The smallest absolute Gasteiger partial charge is 0.141 e. The van der Waals surface area contributed by atoms with Crippen LogP contribution in [0, 0.1) is 5.92 Å². The van der Waals surface area contributed by atoms with Gasteiger partial charge >= 0.3 is 0 Å². The summed E-state index contributed by atoms with van der Waals surface area (Å²) in [6.07, 6.45) is 0. The molecule has 0 heterocycles. The van der Waals surface area contributed by atoms with Gasteiger partial charge < -0.3 is 5.11 Å². The number of hydrogen-bond acceptors (Lipinski definition) is 4. The Morgan fingerprint density at radius 2 is 1.72 bits per heavy atom. The van der Waals surface area contributed by atoms with E-state index in [1.165, 1.54) is 25.6 Å². The molecule has 0 amide bonds. The fourth-order valence-corrected chi connectivity index (χ4v) is 3.20. The second-order valence-electron chi connectivity index (χ2n) is 4.12. The highest BCUT2D eigenvalue weighted by molar-refractivity contribution is 7.99. The van der Waals surface area contributed by atoms with E-state index in [1.807, 2.05) is 30.3 Å². The zero-order chi connectivity index (χ0) is 13.5. The molecular weight excluding hydrogens is 248 g/mol. The molecule has 0 saturated carbocycles. The quantitative estimate of drug-likeness (QED) is 0.769. The summed E-state index contributed by atoms with van der Waals surface area (Å²) in [5, 5.41) is 8.72. The number of carbonyl (C=O) groups excluding carboxylic acids is 2. The first kappa shape index (κ1) is 14.9. The maximum Gasteiger partial charge on any atom is 0.141 e. The topological polar surface area (TPSA) is 54.4 Å². The average Bonchev–Trinajstić information content (AvgIpc) is 2.34. The van der Waals surface area contributed by atoms with Gasteiger partial charge in [-0.05, 0) is 19.4 Å². The van der Waals surface area contributed by atoms with Crippen LogP contribution < -0.4 is 0 Å². The van der Waals surface area contributed by atoms with Crippen LogP contribution in [0.5, 0.6) is 0 Å². The molecule has 0 spiro atoms. The van der Waals surface area contributed by atoms with Gasteiger partial charge in [-0.2, -0.15) is 11.8 Å². The molecule has 1 unspecified atom stereocenters. The van der Waals surface area contributed by atoms with Gasteiger partial charge in [-0.25, -0.2) is 0 Å². The van der Waals surface area contributed by atoms with E-state index >= 15 is 0 Å². The van der Waals surface area contributed by atoms with Crippen molar-refractivity contribution in [2.75, 3.05) is 12.4 Å². The van der Waals surface area contributed by atoms with E-state index in [4.69, 9.17) is 5.11 Å². The van der Waals surface area contributed by atoms with E-state index in [1.54, 1.807) is 0 Å². The van der Waals surface area contributed by atoms with E-state index in [0.717, 1.165) is 5.56 Å². The number of Topliss-reactive ketones (excluding diaryl/α,β-unsaturated/α-hetero) is 2. The summed E-state index contributed by atoms with van der Waals surface area (Å²) in [4.78, 5) is 23.3. The van der Waals surface area contributed by atoms with Crippen LogP contribution >= 0.6 is 11.8 Å². The number of hydrogen-bond donors (Lipinski definition) is 1. The molecule has 3 nitrogen and oxygen atoms in total. The minimum Gasteiger partial charge on any atom is -0.396 e. The van der Waals surface area contributed by atoms with E-state index in [0.29, 0.717) is 5.75 Å². The van der Waals surface area contributed by atoms with E-state index < -0.39 is 5.92 Å². The predicted octanol–water partition coefficient (Wildman–Crippen LogP) is 2.25. The average molecular weight is 266 g/mol. The molecule has 0 saturated heterocycles. The first-order chi connectivity index (χ1) is 8.57. The number of thioether (sulfide) groups is 1. The highest BCUT2D eigenvalue weighted by Gasteiger charge is 2.30. The maximum absolute atomic E-state index is 11.7. The number of rotatable bonds is 7. The molecule has 1 rings (SSSR count). The largest absolute Gasteiger partial charge is 0.396 e. The Hall–Kier alpha value is -1.13. The molecular formula is C14H18O3S. The Kier molecular flexibility index (Phi) is 6.09. The summed E-state index contributed by atoms with van der Waals surface area (Å²) in [6, 6.07) is 9.49. The van der Waals surface area contributed by atoms with Crippen LogP contribution in [0.15, 0.2) is 30.3 Å². The van der Waals surface area contributed by atoms with Gasteiger partial charge in [0, 0.05) is 11.0 Å². The van der Waals surface area contributed by atoms with E-state index in [9.17, 15) is 9.59 Å². The second-order valence-corrected chi connectivity index (χ2v) is 5.37. The van der Waals surface area contributed by atoms with Crippen molar-refractivity contribution >= 4 is 23.3 Å². The fraction of sp³-hybridized carbons (Fsp3) is 0.429. The summed E-state index contributed by atoms with van der Waals surface area (Å²) in [7, 11) is 0. The molecule has 0 aliphatic heterocycles. The number of ketones is 2. The molecule has 0 aliphatic carbocycles. The summed E-state index contributed by atoms with van der Waals surface area (Å²) < 4.78 is 0. The number of aliphatic hydroxyl groups is 1. The standard InChI is InChI=1S/C14H18O3S/c1-10(16)13(11(2)17)14(18-9-8-15)12-6-4-3-5-7-12/h3-7,13-15H,8-9H2,1-2H3. The molecule has 98 valence electrons. The van der Waals surface area contributed by atoms with Crippen molar-refractivity contribution in [3.8, 4) is 0 Å². The Bertz CT molecular complexity index is 389. The Morgan fingerprint density at radius 1 is 1.17 bits per heavy atom. The van der Waals surface area contributed by atoms with E-state index in [-0.39, 0.29) is 23.4 Å². The lowest BCUT2D eigenvalue weighted by Gasteiger charge is -2.23. The van der Waals surface area contributed by atoms with Crippen LogP contribution in [0.25, 0.3) is 0 Å². The summed E-state index contributed by atoms with van der Waals surface area (Å²) in [6.45, 7) is 2.93. The van der Waals surface area contributed by atoms with Crippen molar-refractivity contribution in [1.29, 1.82) is 0 Å². The molecule has 0 bridgehead atoms. The second kappa shape index (κ2) is 7.34. The maximum atomic E-state index is 11.7. The third-order valence-electron chi connectivity index (χ3n) is 2.70. The third kappa shape index (κ3) is 3.96. The molecule has 1 aromatic carbocycles. The van der Waals surface area contributed by atoms with Gasteiger partial charge in [-0.3, -0.25) is 9.59 Å². The van der Waals surface area contributed by atoms with Gasteiger partial charge in [-0.1, -0.05) is 30.3 Å². The Balaban J connectivity index is 3.03. The molecule has 1 aromatic rings. The minimum atomic E-state index is -0.635. The van der Waals surface area contributed by atoms with Crippen LogP contribution in [0.2, 0.25) is 0 Å². The number of carbonyl (C=O) groups is 2. The molecule has 1 N–H and O–H groups in total. The van der Waals surface area contributed by atoms with Crippen molar-refractivity contribution in [3.63, 3.8) is 0 Å². The summed E-state index contributed by atoms with van der Waals surface area (Å²) in [5.74, 6) is -0.371. The third-order valence-corrected chi connectivity index (χ3v) is 4.02. The van der Waals surface area contributed by atoms with Gasteiger partial charge in [0.25, 0.3) is 0 Å². The molecule has 0 fully saturated rings. The van der Waals surface area contributed by atoms with Gasteiger partial charge in [0.05, 0.1) is 12.5 Å². The van der Waals surface area contributed by atoms with Crippen molar-refractivity contribution in [1.82, 2.24) is 0 Å². The zero-order valence-electron chi connectivity index (χ0n) is 10.6. The highest BCUT2D eigenvalue weighted by atomic mass is 32.2. The normalized spacial score (nSPS) is 12.4. The van der Waals surface area contributed by atoms with Gasteiger partial charge in [-0.15, -0.1) is 0 Å². The molecule has 0 aliphatic rings. The molecule has 18 heavy (non-hydrogen) atoms. The minimum absolute atomic E-state index is 0.0382. The fourth-order valence-electron chi connectivity index (χ4n) is 1.92. The van der Waals surface area contributed by atoms with Crippen molar-refractivity contribution < 1.29 is 14.7 Å². The first-order valence-electron chi connectivity index (χ1n) is 5.86. The number of aliphatic hydroxyl groups excluding tert-OH is 1. The first-order valence-corrected chi connectivity index (χ1v) is 6.91. The molecule has 0 aromatic heterocycles. The van der Waals surface area contributed by atoms with Gasteiger partial charge in [0.2, 0.25) is 0 Å². The SMILES string of the molecule is CC(=O)C(C(C)=O)C(SCCO)c1ccccc1. The van der Waals surface area contributed by atoms with Crippen molar-refractivity contribution in [2.24, 2.45) is 5.92 Å². The summed E-state index contributed by atoms with van der Waals surface area (Å²) in [5.41, 5.74) is 0.950. The van der Waals surface area contributed by atoms with Gasteiger partial charge in [0.1, 0.15) is 11.6 Å². The van der Waals surface area contributed by atoms with Crippen molar-refractivity contribution in [2.45, 2.75) is 19.1 Å². The predicted molar refractivity (Wildman–Crippen MR) is 73.6 cm³/mol. The zero-order valence-corrected chi connectivity index (χ0v) is 11.4. The Morgan fingerprint density at radius 3 is 2.17 bits per heavy atom. The molecule has 0 radical (unpaired) electrons.